The highest BCUT2D eigenvalue weighted by atomic mass is 16.5. The third-order valence-corrected chi connectivity index (χ3v) is 3.12. The lowest BCUT2D eigenvalue weighted by molar-refractivity contribution is 0.0697. The number of nitrogens with zero attached hydrogens (tertiary/aromatic N) is 2. The average molecular weight is 294 g/mol. The Balaban J connectivity index is 2.83. The quantitative estimate of drug-likeness (QED) is 0.898. The monoisotopic (exact) mass is 294 g/mol. The topological polar surface area (TPSA) is 114 Å². The highest BCUT2D eigenvalue weighted by Crippen LogP contribution is 2.39. The first kappa shape index (κ1) is 14.9. The van der Waals surface area contributed by atoms with Crippen molar-refractivity contribution in [2.24, 2.45) is 0 Å². The summed E-state index contributed by atoms with van der Waals surface area (Å²) in [6, 6.07) is 10.9. The Kier molecular flexibility index (Phi) is 3.97. The van der Waals surface area contributed by atoms with Gasteiger partial charge in [0.05, 0.1) is 24.3 Å². The minimum absolute atomic E-state index is 0.00578. The Hall–Kier alpha value is -3.51. The molecule has 0 radical (unpaired) electrons. The van der Waals surface area contributed by atoms with Gasteiger partial charge >= 0.3 is 5.97 Å². The fourth-order valence-corrected chi connectivity index (χ4v) is 2.11. The molecular weight excluding hydrogens is 284 g/mol. The van der Waals surface area contributed by atoms with Gasteiger partial charge in [0.25, 0.3) is 0 Å². The standard InChI is InChI=1S/C16H10N2O4/c1-22-13-6-11(7-17)14(12(8-18)15(13)19)9-3-2-4-10(5-9)16(20)21/h2-6,19H,1H3,(H,20,21). The molecule has 0 spiro atoms. The van der Waals surface area contributed by atoms with Crippen molar-refractivity contribution >= 4 is 5.97 Å². The van der Waals surface area contributed by atoms with E-state index >= 15 is 0 Å². The number of carboxylic acids is 1. The minimum atomic E-state index is -1.13. The second kappa shape index (κ2) is 5.86. The van der Waals surface area contributed by atoms with E-state index in [1.165, 1.54) is 31.4 Å². The van der Waals surface area contributed by atoms with Gasteiger partial charge in [-0.25, -0.2) is 4.79 Å². The Morgan fingerprint density at radius 2 is 1.95 bits per heavy atom. The van der Waals surface area contributed by atoms with Crippen LogP contribution in [0, 0.1) is 22.7 Å². The molecule has 22 heavy (non-hydrogen) atoms. The summed E-state index contributed by atoms with van der Waals surface area (Å²) in [4.78, 5) is 11.1. The number of hydrogen-bond donors (Lipinski definition) is 2. The smallest absolute Gasteiger partial charge is 0.335 e. The van der Waals surface area contributed by atoms with Crippen molar-refractivity contribution in [2.75, 3.05) is 7.11 Å². The molecule has 0 heterocycles. The van der Waals surface area contributed by atoms with Crippen LogP contribution in [-0.4, -0.2) is 23.3 Å². The number of methoxy groups -OCH3 is 1. The van der Waals surface area contributed by atoms with Gasteiger partial charge in [-0.05, 0) is 17.7 Å². The second-order valence-corrected chi connectivity index (χ2v) is 4.33. The van der Waals surface area contributed by atoms with Crippen LogP contribution in [-0.2, 0) is 0 Å². The average Bonchev–Trinajstić information content (AvgIpc) is 2.54. The van der Waals surface area contributed by atoms with Crippen LogP contribution in [0.1, 0.15) is 21.5 Å². The van der Waals surface area contributed by atoms with Crippen molar-refractivity contribution in [3.63, 3.8) is 0 Å². The maximum Gasteiger partial charge on any atom is 0.335 e. The number of aromatic carboxylic acids is 1. The molecule has 0 aromatic heterocycles. The highest BCUT2D eigenvalue weighted by Gasteiger charge is 2.20. The van der Waals surface area contributed by atoms with Crippen LogP contribution < -0.4 is 4.74 Å². The Morgan fingerprint density at radius 3 is 2.50 bits per heavy atom. The largest absolute Gasteiger partial charge is 0.503 e. The van der Waals surface area contributed by atoms with Gasteiger partial charge in [-0.3, -0.25) is 0 Å². The molecule has 2 rings (SSSR count). The van der Waals surface area contributed by atoms with E-state index in [0.717, 1.165) is 0 Å². The molecule has 2 aromatic carbocycles. The summed E-state index contributed by atoms with van der Waals surface area (Å²) in [5.74, 6) is -1.51. The lowest BCUT2D eigenvalue weighted by Crippen LogP contribution is -1.98. The molecule has 0 aliphatic rings. The van der Waals surface area contributed by atoms with Crippen LogP contribution in [0.4, 0.5) is 0 Å². The third-order valence-electron chi connectivity index (χ3n) is 3.12. The van der Waals surface area contributed by atoms with Crippen molar-refractivity contribution in [1.82, 2.24) is 0 Å². The summed E-state index contributed by atoms with van der Waals surface area (Å²) in [6.07, 6.45) is 0. The van der Waals surface area contributed by atoms with Gasteiger partial charge in [0.15, 0.2) is 11.5 Å². The SMILES string of the molecule is COc1cc(C#N)c(-c2cccc(C(=O)O)c2)c(C#N)c1O. The zero-order valence-corrected chi connectivity index (χ0v) is 11.5. The number of phenolic OH excluding ortho intramolecular Hbond substituents is 1. The molecule has 6 nitrogen and oxygen atoms in total. The number of rotatable bonds is 3. The predicted molar refractivity (Wildman–Crippen MR) is 76.5 cm³/mol. The van der Waals surface area contributed by atoms with Gasteiger partial charge in [0.1, 0.15) is 11.6 Å². The second-order valence-electron chi connectivity index (χ2n) is 4.33. The zero-order chi connectivity index (χ0) is 16.3. The highest BCUT2D eigenvalue weighted by molar-refractivity contribution is 5.91. The summed E-state index contributed by atoms with van der Waals surface area (Å²) in [6.45, 7) is 0. The number of aromatic hydroxyl groups is 1. The lowest BCUT2D eigenvalue weighted by Gasteiger charge is -2.12. The van der Waals surface area contributed by atoms with Crippen molar-refractivity contribution in [2.45, 2.75) is 0 Å². The summed E-state index contributed by atoms with van der Waals surface area (Å²) < 4.78 is 4.94. The first-order chi connectivity index (χ1) is 10.5. The van der Waals surface area contributed by atoms with E-state index in [4.69, 9.17) is 9.84 Å². The molecule has 2 aromatic rings. The van der Waals surface area contributed by atoms with Gasteiger partial charge < -0.3 is 14.9 Å². The van der Waals surface area contributed by atoms with Crippen LogP contribution in [0.25, 0.3) is 11.1 Å². The van der Waals surface area contributed by atoms with Crippen LogP contribution in [0.5, 0.6) is 11.5 Å². The fourth-order valence-electron chi connectivity index (χ4n) is 2.11. The summed E-state index contributed by atoms with van der Waals surface area (Å²) in [5.41, 5.74) is 0.505. The van der Waals surface area contributed by atoms with Crippen LogP contribution >= 0.6 is 0 Å². The molecule has 0 aliphatic heterocycles. The first-order valence-electron chi connectivity index (χ1n) is 6.11. The van der Waals surface area contributed by atoms with Crippen LogP contribution in [0.15, 0.2) is 30.3 Å². The number of phenols is 1. The molecule has 2 N–H and O–H groups in total. The van der Waals surface area contributed by atoms with Crippen molar-refractivity contribution in [3.05, 3.63) is 47.0 Å². The van der Waals surface area contributed by atoms with Crippen molar-refractivity contribution in [3.8, 4) is 34.8 Å². The maximum atomic E-state index is 11.1. The maximum absolute atomic E-state index is 11.1. The molecule has 6 heteroatoms. The normalized spacial score (nSPS) is 9.59. The molecule has 0 saturated heterocycles. The molecule has 0 saturated carbocycles. The molecule has 0 atom stereocenters. The van der Waals surface area contributed by atoms with E-state index in [2.05, 4.69) is 0 Å². The number of carboxylic acid groups (broad SMARTS) is 1. The van der Waals surface area contributed by atoms with Crippen LogP contribution in [0.2, 0.25) is 0 Å². The van der Waals surface area contributed by atoms with Gasteiger partial charge in [-0.15, -0.1) is 0 Å². The Morgan fingerprint density at radius 1 is 1.23 bits per heavy atom. The van der Waals surface area contributed by atoms with Gasteiger partial charge in [0, 0.05) is 11.6 Å². The summed E-state index contributed by atoms with van der Waals surface area (Å²) >= 11 is 0. The molecular formula is C16H10N2O4. The summed E-state index contributed by atoms with van der Waals surface area (Å²) in [7, 11) is 1.31. The van der Waals surface area contributed by atoms with Gasteiger partial charge in [-0.2, -0.15) is 10.5 Å². The molecule has 0 amide bonds. The molecule has 0 bridgehead atoms. The van der Waals surface area contributed by atoms with Crippen LogP contribution in [0.3, 0.4) is 0 Å². The lowest BCUT2D eigenvalue weighted by atomic mass is 9.93. The zero-order valence-electron chi connectivity index (χ0n) is 11.5. The number of nitriles is 2. The Bertz CT molecular complexity index is 844. The van der Waals surface area contributed by atoms with E-state index in [1.807, 2.05) is 12.1 Å². The third kappa shape index (κ3) is 2.41. The van der Waals surface area contributed by atoms with Crippen molar-refractivity contribution in [1.29, 1.82) is 10.5 Å². The van der Waals surface area contributed by atoms with Gasteiger partial charge in [0.2, 0.25) is 0 Å². The van der Waals surface area contributed by atoms with E-state index in [9.17, 15) is 20.4 Å². The molecule has 0 fully saturated rings. The first-order valence-corrected chi connectivity index (χ1v) is 6.11. The number of benzene rings is 2. The fraction of sp³-hybridized carbons (Fsp3) is 0.0625. The molecule has 0 aliphatic carbocycles. The number of hydrogen-bond acceptors (Lipinski definition) is 5. The minimum Gasteiger partial charge on any atom is -0.503 e. The van der Waals surface area contributed by atoms with E-state index in [0.29, 0.717) is 5.56 Å². The van der Waals surface area contributed by atoms with E-state index < -0.39 is 5.97 Å². The summed E-state index contributed by atoms with van der Waals surface area (Å²) in [5, 5.41) is 37.7. The molecule has 0 unspecified atom stereocenters. The predicted octanol–water partition coefficient (Wildman–Crippen LogP) is 2.51. The Labute approximate surface area is 126 Å². The van der Waals surface area contributed by atoms with E-state index in [-0.39, 0.29) is 33.8 Å². The number of ether oxygens (including phenoxy) is 1. The number of carbonyl (C=O) groups is 1. The van der Waals surface area contributed by atoms with E-state index in [1.54, 1.807) is 6.07 Å². The van der Waals surface area contributed by atoms with Crippen molar-refractivity contribution < 1.29 is 19.7 Å². The van der Waals surface area contributed by atoms with Gasteiger partial charge in [-0.1, -0.05) is 12.1 Å². The molecule has 108 valence electrons.